The molecule has 1 unspecified atom stereocenters. The van der Waals surface area contributed by atoms with E-state index in [9.17, 15) is 9.59 Å². The van der Waals surface area contributed by atoms with E-state index >= 15 is 0 Å². The fourth-order valence-corrected chi connectivity index (χ4v) is 3.19. The summed E-state index contributed by atoms with van der Waals surface area (Å²) in [5.74, 6) is 1.55. The second-order valence-electron chi connectivity index (χ2n) is 6.61. The van der Waals surface area contributed by atoms with E-state index in [1.165, 1.54) is 0 Å². The SMILES string of the molecule is COc1cccc(C(=O)NCCNC(=O)CC(C)C2CCNCC2)c1.Cl. The first-order valence-electron chi connectivity index (χ1n) is 9.00. The number of hydrogen-bond donors (Lipinski definition) is 3. The zero-order valence-electron chi connectivity index (χ0n) is 15.5. The van der Waals surface area contributed by atoms with Gasteiger partial charge in [-0.25, -0.2) is 0 Å². The van der Waals surface area contributed by atoms with Gasteiger partial charge < -0.3 is 20.7 Å². The van der Waals surface area contributed by atoms with E-state index in [1.54, 1.807) is 31.4 Å². The van der Waals surface area contributed by atoms with Crippen LogP contribution in [0.5, 0.6) is 5.75 Å². The molecule has 1 aliphatic heterocycles. The van der Waals surface area contributed by atoms with Gasteiger partial charge in [-0.1, -0.05) is 13.0 Å². The van der Waals surface area contributed by atoms with Gasteiger partial charge in [-0.15, -0.1) is 12.4 Å². The van der Waals surface area contributed by atoms with Gasteiger partial charge in [-0.05, 0) is 56.0 Å². The molecule has 1 heterocycles. The zero-order valence-corrected chi connectivity index (χ0v) is 16.4. The maximum atomic E-state index is 12.1. The lowest BCUT2D eigenvalue weighted by atomic mass is 9.84. The second-order valence-corrected chi connectivity index (χ2v) is 6.61. The smallest absolute Gasteiger partial charge is 0.251 e. The molecule has 1 aromatic rings. The first-order chi connectivity index (χ1) is 12.1. The molecule has 1 fully saturated rings. The highest BCUT2D eigenvalue weighted by Gasteiger charge is 2.21. The highest BCUT2D eigenvalue weighted by molar-refractivity contribution is 5.94. The van der Waals surface area contributed by atoms with Crippen molar-refractivity contribution in [3.8, 4) is 5.75 Å². The molecule has 2 amide bonds. The molecule has 0 spiro atoms. The molecule has 0 radical (unpaired) electrons. The maximum absolute atomic E-state index is 12.1. The average Bonchev–Trinajstić information content (AvgIpc) is 2.65. The Morgan fingerprint density at radius 1 is 1.23 bits per heavy atom. The van der Waals surface area contributed by atoms with Gasteiger partial charge in [-0.2, -0.15) is 0 Å². The van der Waals surface area contributed by atoms with Crippen molar-refractivity contribution in [3.63, 3.8) is 0 Å². The quantitative estimate of drug-likeness (QED) is 0.600. The monoisotopic (exact) mass is 383 g/mol. The minimum atomic E-state index is -0.170. The Hall–Kier alpha value is -1.79. The lowest BCUT2D eigenvalue weighted by Crippen LogP contribution is -2.36. The number of carbonyl (C=O) groups is 2. The Kier molecular flexibility index (Phi) is 10.1. The Balaban J connectivity index is 0.00000338. The third kappa shape index (κ3) is 7.22. The van der Waals surface area contributed by atoms with Gasteiger partial charge in [0.2, 0.25) is 5.91 Å². The van der Waals surface area contributed by atoms with E-state index in [4.69, 9.17) is 4.74 Å². The Morgan fingerprint density at radius 2 is 1.92 bits per heavy atom. The molecule has 0 bridgehead atoms. The number of ether oxygens (including phenoxy) is 1. The van der Waals surface area contributed by atoms with Gasteiger partial charge in [0.15, 0.2) is 0 Å². The highest BCUT2D eigenvalue weighted by Crippen LogP contribution is 2.24. The minimum Gasteiger partial charge on any atom is -0.497 e. The summed E-state index contributed by atoms with van der Waals surface area (Å²) in [6.07, 6.45) is 2.84. The number of piperidine rings is 1. The van der Waals surface area contributed by atoms with E-state index < -0.39 is 0 Å². The Morgan fingerprint density at radius 3 is 2.62 bits per heavy atom. The number of amides is 2. The van der Waals surface area contributed by atoms with Crippen LogP contribution in [0.15, 0.2) is 24.3 Å². The number of benzene rings is 1. The number of carbonyl (C=O) groups excluding carboxylic acids is 2. The van der Waals surface area contributed by atoms with Crippen molar-refractivity contribution in [1.29, 1.82) is 0 Å². The summed E-state index contributed by atoms with van der Waals surface area (Å²) in [6.45, 7) is 5.09. The van der Waals surface area contributed by atoms with E-state index in [0.717, 1.165) is 25.9 Å². The number of halogens is 1. The standard InChI is InChI=1S/C19H29N3O3.ClH/c1-14(15-6-8-20-9-7-15)12-18(23)21-10-11-22-19(24)16-4-3-5-17(13-16)25-2;/h3-5,13-15,20H,6-12H2,1-2H3,(H,21,23)(H,22,24);1H. The number of methoxy groups -OCH3 is 1. The lowest BCUT2D eigenvalue weighted by molar-refractivity contribution is -0.122. The molecule has 1 aromatic carbocycles. The second kappa shape index (κ2) is 11.8. The van der Waals surface area contributed by atoms with Gasteiger partial charge >= 0.3 is 0 Å². The average molecular weight is 384 g/mol. The largest absolute Gasteiger partial charge is 0.497 e. The van der Waals surface area contributed by atoms with Crippen LogP contribution < -0.4 is 20.7 Å². The van der Waals surface area contributed by atoms with Crippen LogP contribution in [-0.4, -0.2) is 45.1 Å². The molecular weight excluding hydrogens is 354 g/mol. The van der Waals surface area contributed by atoms with Crippen LogP contribution in [0.2, 0.25) is 0 Å². The van der Waals surface area contributed by atoms with Gasteiger partial charge in [0.1, 0.15) is 5.75 Å². The van der Waals surface area contributed by atoms with Crippen LogP contribution >= 0.6 is 12.4 Å². The van der Waals surface area contributed by atoms with E-state index in [1.807, 2.05) is 0 Å². The number of nitrogens with one attached hydrogen (secondary N) is 3. The van der Waals surface area contributed by atoms with Crippen molar-refractivity contribution in [1.82, 2.24) is 16.0 Å². The van der Waals surface area contributed by atoms with Crippen LogP contribution in [-0.2, 0) is 4.79 Å². The fraction of sp³-hybridized carbons (Fsp3) is 0.579. The molecule has 1 atom stereocenters. The number of rotatable bonds is 8. The molecule has 3 N–H and O–H groups in total. The van der Waals surface area contributed by atoms with E-state index in [2.05, 4.69) is 22.9 Å². The molecular formula is C19H30ClN3O3. The normalized spacial score (nSPS) is 15.5. The van der Waals surface area contributed by atoms with Crippen molar-refractivity contribution < 1.29 is 14.3 Å². The van der Waals surface area contributed by atoms with E-state index in [-0.39, 0.29) is 24.2 Å². The summed E-state index contributed by atoms with van der Waals surface area (Å²) in [4.78, 5) is 24.1. The maximum Gasteiger partial charge on any atom is 0.251 e. The van der Waals surface area contributed by atoms with Crippen molar-refractivity contribution >= 4 is 24.2 Å². The van der Waals surface area contributed by atoms with Crippen molar-refractivity contribution in [2.45, 2.75) is 26.2 Å². The molecule has 0 aliphatic carbocycles. The Bertz CT molecular complexity index is 577. The van der Waals surface area contributed by atoms with Crippen LogP contribution in [0.25, 0.3) is 0 Å². The summed E-state index contributed by atoms with van der Waals surface area (Å²) in [7, 11) is 1.57. The number of hydrogen-bond acceptors (Lipinski definition) is 4. The zero-order chi connectivity index (χ0) is 18.1. The predicted octanol–water partition coefficient (Wildman–Crippen LogP) is 1.99. The highest BCUT2D eigenvalue weighted by atomic mass is 35.5. The molecule has 1 aliphatic rings. The van der Waals surface area contributed by atoms with Crippen LogP contribution in [0.4, 0.5) is 0 Å². The van der Waals surface area contributed by atoms with Crippen molar-refractivity contribution in [3.05, 3.63) is 29.8 Å². The fourth-order valence-electron chi connectivity index (χ4n) is 3.19. The van der Waals surface area contributed by atoms with Crippen molar-refractivity contribution in [2.75, 3.05) is 33.3 Å². The lowest BCUT2D eigenvalue weighted by Gasteiger charge is -2.27. The van der Waals surface area contributed by atoms with Crippen LogP contribution in [0, 0.1) is 11.8 Å². The Labute approximate surface area is 161 Å². The topological polar surface area (TPSA) is 79.5 Å². The molecule has 0 saturated carbocycles. The third-order valence-electron chi connectivity index (χ3n) is 4.76. The summed E-state index contributed by atoms with van der Waals surface area (Å²) < 4.78 is 5.11. The molecule has 6 nitrogen and oxygen atoms in total. The summed E-state index contributed by atoms with van der Waals surface area (Å²) in [5.41, 5.74) is 0.546. The van der Waals surface area contributed by atoms with Crippen molar-refractivity contribution in [2.24, 2.45) is 11.8 Å². The van der Waals surface area contributed by atoms with Gasteiger partial charge in [-0.3, -0.25) is 9.59 Å². The third-order valence-corrected chi connectivity index (χ3v) is 4.76. The van der Waals surface area contributed by atoms with E-state index in [0.29, 0.717) is 42.7 Å². The summed E-state index contributed by atoms with van der Waals surface area (Å²) in [6, 6.07) is 6.99. The summed E-state index contributed by atoms with van der Waals surface area (Å²) in [5, 5.41) is 9.04. The predicted molar refractivity (Wildman–Crippen MR) is 105 cm³/mol. The van der Waals surface area contributed by atoms with Gasteiger partial charge in [0.25, 0.3) is 5.91 Å². The molecule has 146 valence electrons. The molecule has 1 saturated heterocycles. The molecule has 2 rings (SSSR count). The first kappa shape index (κ1) is 22.3. The van der Waals surface area contributed by atoms with Gasteiger partial charge in [0.05, 0.1) is 7.11 Å². The minimum absolute atomic E-state index is 0. The van der Waals surface area contributed by atoms with Crippen LogP contribution in [0.3, 0.4) is 0 Å². The summed E-state index contributed by atoms with van der Waals surface area (Å²) >= 11 is 0. The van der Waals surface area contributed by atoms with Crippen LogP contribution in [0.1, 0.15) is 36.5 Å². The molecule has 26 heavy (non-hydrogen) atoms. The first-order valence-corrected chi connectivity index (χ1v) is 9.00. The molecule has 7 heteroatoms. The molecule has 0 aromatic heterocycles. The van der Waals surface area contributed by atoms with Gasteiger partial charge in [0, 0.05) is 25.1 Å².